The van der Waals surface area contributed by atoms with E-state index in [1.54, 1.807) is 12.1 Å². The average molecular weight is 420 g/mol. The molecule has 2 aromatic heterocycles. The van der Waals surface area contributed by atoms with Crippen LogP contribution in [0.15, 0.2) is 48.7 Å². The Labute approximate surface area is 177 Å². The van der Waals surface area contributed by atoms with E-state index in [1.807, 2.05) is 30.3 Å². The number of carbonyl (C=O) groups excluding carboxylic acids is 2. The summed E-state index contributed by atoms with van der Waals surface area (Å²) in [7, 11) is 0. The van der Waals surface area contributed by atoms with E-state index in [-0.39, 0.29) is 11.8 Å². The van der Waals surface area contributed by atoms with Crippen molar-refractivity contribution in [1.29, 1.82) is 0 Å². The van der Waals surface area contributed by atoms with E-state index in [2.05, 4.69) is 14.7 Å². The zero-order valence-corrected chi connectivity index (χ0v) is 16.9. The summed E-state index contributed by atoms with van der Waals surface area (Å²) in [6.07, 6.45) is 3.18. The molecule has 0 spiro atoms. The number of likely N-dealkylation sites (tertiary alicyclic amines) is 1. The maximum atomic E-state index is 13.0. The van der Waals surface area contributed by atoms with Gasteiger partial charge in [-0.15, -0.1) is 0 Å². The van der Waals surface area contributed by atoms with Crippen LogP contribution in [0.2, 0.25) is 0 Å². The highest BCUT2D eigenvalue weighted by atomic mass is 32.1. The van der Waals surface area contributed by atoms with Gasteiger partial charge in [-0.2, -0.15) is 4.37 Å². The van der Waals surface area contributed by atoms with Crippen LogP contribution in [0.5, 0.6) is 0 Å². The Morgan fingerprint density at radius 3 is 2.50 bits per heavy atom. The lowest BCUT2D eigenvalue weighted by atomic mass is 10.0. The van der Waals surface area contributed by atoms with Crippen molar-refractivity contribution in [2.24, 2.45) is 0 Å². The smallest absolute Gasteiger partial charge is 0.272 e. The zero-order valence-electron chi connectivity index (χ0n) is 16.1. The average Bonchev–Trinajstić information content (AvgIpc) is 3.49. The topological polar surface area (TPSA) is 95.4 Å². The Kier molecular flexibility index (Phi) is 4.80. The van der Waals surface area contributed by atoms with E-state index in [0.717, 1.165) is 29.7 Å². The molecule has 1 saturated heterocycles. The molecule has 5 rings (SSSR count). The minimum absolute atomic E-state index is 0.205. The predicted octanol–water partition coefficient (Wildman–Crippen LogP) is 3.15. The normalized spacial score (nSPS) is 16.2. The number of hydrogen-bond acceptors (Lipinski definition) is 6. The fraction of sp³-hybridized carbons (Fsp3) is 0.273. The lowest BCUT2D eigenvalue weighted by Gasteiger charge is -2.35. The monoisotopic (exact) mass is 420 g/mol. The number of benzene rings is 1. The molecule has 3 aromatic rings. The van der Waals surface area contributed by atoms with Gasteiger partial charge in [0.05, 0.1) is 23.7 Å². The van der Waals surface area contributed by atoms with Gasteiger partial charge >= 0.3 is 0 Å². The number of rotatable bonds is 5. The SMILES string of the molecule is O=C(Nc1ccc(C(=O)N2CC(O)C2)nc1)c1snc(-c2ccccc2)c1C1CC1. The van der Waals surface area contributed by atoms with Crippen LogP contribution in [0.4, 0.5) is 5.69 Å². The minimum atomic E-state index is -0.451. The van der Waals surface area contributed by atoms with Gasteiger partial charge in [0.25, 0.3) is 11.8 Å². The fourth-order valence-corrected chi connectivity index (χ4v) is 4.46. The Balaban J connectivity index is 1.33. The number of hydrogen-bond donors (Lipinski definition) is 2. The number of anilines is 1. The molecule has 3 heterocycles. The van der Waals surface area contributed by atoms with Crippen LogP contribution in [-0.4, -0.2) is 50.4 Å². The maximum Gasteiger partial charge on any atom is 0.272 e. The van der Waals surface area contributed by atoms with Crippen LogP contribution in [0.3, 0.4) is 0 Å². The number of nitrogens with zero attached hydrogens (tertiary/aromatic N) is 3. The third-order valence-corrected chi connectivity index (χ3v) is 6.22. The van der Waals surface area contributed by atoms with Crippen LogP contribution in [0, 0.1) is 0 Å². The number of aliphatic hydroxyl groups excluding tert-OH is 1. The van der Waals surface area contributed by atoms with Crippen molar-refractivity contribution in [3.05, 3.63) is 64.8 Å². The zero-order chi connectivity index (χ0) is 20.7. The molecule has 8 heteroatoms. The molecule has 2 aliphatic rings. The molecule has 152 valence electrons. The first-order valence-electron chi connectivity index (χ1n) is 9.90. The highest BCUT2D eigenvalue weighted by molar-refractivity contribution is 7.08. The van der Waals surface area contributed by atoms with E-state index >= 15 is 0 Å². The number of pyridine rings is 1. The Morgan fingerprint density at radius 2 is 1.87 bits per heavy atom. The molecular weight excluding hydrogens is 400 g/mol. The van der Waals surface area contributed by atoms with E-state index in [4.69, 9.17) is 0 Å². The third-order valence-electron chi connectivity index (χ3n) is 5.36. The summed E-state index contributed by atoms with van der Waals surface area (Å²) in [4.78, 5) is 31.6. The standard InChI is InChI=1S/C22H20N4O3S/c27-16-11-26(12-16)22(29)17-9-8-15(10-23-17)24-21(28)20-18(13-6-7-13)19(25-30-20)14-4-2-1-3-5-14/h1-5,8-10,13,16,27H,6-7,11-12H2,(H,24,28). The first-order valence-corrected chi connectivity index (χ1v) is 10.7. The molecule has 0 atom stereocenters. The van der Waals surface area contributed by atoms with Crippen molar-refractivity contribution in [3.63, 3.8) is 0 Å². The molecule has 2 amide bonds. The molecule has 2 N–H and O–H groups in total. The van der Waals surface area contributed by atoms with Crippen molar-refractivity contribution < 1.29 is 14.7 Å². The Hall–Kier alpha value is -3.10. The van der Waals surface area contributed by atoms with Gasteiger partial charge in [-0.1, -0.05) is 30.3 Å². The second kappa shape index (κ2) is 7.62. The maximum absolute atomic E-state index is 13.0. The second-order valence-corrected chi connectivity index (χ2v) is 8.44. The summed E-state index contributed by atoms with van der Waals surface area (Å²) in [5.41, 5.74) is 3.76. The van der Waals surface area contributed by atoms with Crippen molar-refractivity contribution in [1.82, 2.24) is 14.3 Å². The van der Waals surface area contributed by atoms with Crippen LogP contribution in [0.1, 0.15) is 44.5 Å². The van der Waals surface area contributed by atoms with Crippen LogP contribution in [-0.2, 0) is 0 Å². The molecule has 30 heavy (non-hydrogen) atoms. The second-order valence-electron chi connectivity index (χ2n) is 7.66. The largest absolute Gasteiger partial charge is 0.389 e. The number of aliphatic hydroxyl groups is 1. The van der Waals surface area contributed by atoms with Gasteiger partial charge in [-0.25, -0.2) is 4.98 Å². The van der Waals surface area contributed by atoms with Crippen LogP contribution in [0.25, 0.3) is 11.3 Å². The lowest BCUT2D eigenvalue weighted by molar-refractivity contribution is 0.00551. The van der Waals surface area contributed by atoms with Gasteiger partial charge in [0.15, 0.2) is 0 Å². The predicted molar refractivity (Wildman–Crippen MR) is 114 cm³/mol. The van der Waals surface area contributed by atoms with Gasteiger partial charge in [-0.05, 0) is 42.4 Å². The van der Waals surface area contributed by atoms with Crippen molar-refractivity contribution in [2.45, 2.75) is 24.9 Å². The summed E-state index contributed by atoms with van der Waals surface area (Å²) in [6, 6.07) is 13.2. The molecule has 7 nitrogen and oxygen atoms in total. The first kappa shape index (κ1) is 18.9. The number of amides is 2. The van der Waals surface area contributed by atoms with Gasteiger partial charge in [0, 0.05) is 24.2 Å². The van der Waals surface area contributed by atoms with E-state index in [1.165, 1.54) is 22.6 Å². The molecular formula is C22H20N4O3S. The molecule has 2 fully saturated rings. The quantitative estimate of drug-likeness (QED) is 0.661. The van der Waals surface area contributed by atoms with E-state index in [9.17, 15) is 14.7 Å². The van der Waals surface area contributed by atoms with Crippen LogP contribution < -0.4 is 5.32 Å². The minimum Gasteiger partial charge on any atom is -0.389 e. The summed E-state index contributed by atoms with van der Waals surface area (Å²) in [5.74, 6) is -0.0443. The van der Waals surface area contributed by atoms with Gasteiger partial charge in [0.2, 0.25) is 0 Å². The molecule has 0 radical (unpaired) electrons. The van der Waals surface area contributed by atoms with Crippen molar-refractivity contribution >= 4 is 29.0 Å². The highest BCUT2D eigenvalue weighted by Crippen LogP contribution is 2.47. The van der Waals surface area contributed by atoms with E-state index in [0.29, 0.717) is 35.3 Å². The Morgan fingerprint density at radius 1 is 1.10 bits per heavy atom. The first-order chi connectivity index (χ1) is 14.6. The summed E-state index contributed by atoms with van der Waals surface area (Å²) in [5, 5.41) is 12.2. The highest BCUT2D eigenvalue weighted by Gasteiger charge is 2.34. The molecule has 1 saturated carbocycles. The van der Waals surface area contributed by atoms with Gasteiger partial charge in [-0.3, -0.25) is 9.59 Å². The number of β-amino-alcohol motifs (C(OH)–C–C–N with tert-alkyl or cyclic N) is 1. The van der Waals surface area contributed by atoms with Crippen molar-refractivity contribution in [3.8, 4) is 11.3 Å². The van der Waals surface area contributed by atoms with Gasteiger partial charge < -0.3 is 15.3 Å². The fourth-order valence-electron chi connectivity index (χ4n) is 3.58. The lowest BCUT2D eigenvalue weighted by Crippen LogP contribution is -2.53. The third kappa shape index (κ3) is 3.59. The van der Waals surface area contributed by atoms with Gasteiger partial charge in [0.1, 0.15) is 10.6 Å². The number of nitrogens with one attached hydrogen (secondary N) is 1. The Bertz CT molecular complexity index is 1090. The molecule has 0 bridgehead atoms. The molecule has 1 aliphatic carbocycles. The number of aromatic nitrogens is 2. The van der Waals surface area contributed by atoms with Crippen LogP contribution >= 0.6 is 11.5 Å². The molecule has 0 unspecified atom stereocenters. The molecule has 1 aromatic carbocycles. The van der Waals surface area contributed by atoms with Crippen molar-refractivity contribution in [2.75, 3.05) is 18.4 Å². The van der Waals surface area contributed by atoms with E-state index < -0.39 is 6.10 Å². The summed E-state index contributed by atoms with van der Waals surface area (Å²) in [6.45, 7) is 0.663. The summed E-state index contributed by atoms with van der Waals surface area (Å²) >= 11 is 1.22. The number of carbonyl (C=O) groups is 2. The molecule has 1 aliphatic heterocycles. The summed E-state index contributed by atoms with van der Waals surface area (Å²) < 4.78 is 4.58.